The van der Waals surface area contributed by atoms with Gasteiger partial charge in [0.2, 0.25) is 0 Å². The Morgan fingerprint density at radius 1 is 1.47 bits per heavy atom. The third-order valence-electron chi connectivity index (χ3n) is 2.91. The SMILES string of the molecule is CCc1ccc(CNC(=O)N2CSC[C@H]2C(=O)O)s1. The molecule has 7 heteroatoms. The number of nitrogens with zero attached hydrogens (tertiary/aromatic N) is 1. The van der Waals surface area contributed by atoms with Crippen LogP contribution in [0.15, 0.2) is 12.1 Å². The summed E-state index contributed by atoms with van der Waals surface area (Å²) in [5.41, 5.74) is 0. The van der Waals surface area contributed by atoms with Crippen molar-refractivity contribution in [2.75, 3.05) is 11.6 Å². The molecule has 0 radical (unpaired) electrons. The van der Waals surface area contributed by atoms with E-state index in [0.717, 1.165) is 11.3 Å². The Kier molecular flexibility index (Phi) is 4.71. The minimum absolute atomic E-state index is 0.302. The summed E-state index contributed by atoms with van der Waals surface area (Å²) in [6.45, 7) is 2.55. The number of aliphatic carboxylic acids is 1. The van der Waals surface area contributed by atoms with Crippen LogP contribution in [0.25, 0.3) is 0 Å². The van der Waals surface area contributed by atoms with Crippen molar-refractivity contribution in [2.24, 2.45) is 0 Å². The Labute approximate surface area is 120 Å². The quantitative estimate of drug-likeness (QED) is 0.892. The molecule has 0 saturated carbocycles. The first-order valence-corrected chi connectivity index (χ1v) is 8.01. The molecule has 1 aliphatic rings. The van der Waals surface area contributed by atoms with Crippen LogP contribution in [0, 0.1) is 0 Å². The molecule has 2 heterocycles. The Morgan fingerprint density at radius 2 is 2.21 bits per heavy atom. The first-order chi connectivity index (χ1) is 9.11. The second kappa shape index (κ2) is 6.29. The molecule has 104 valence electrons. The molecule has 2 amide bonds. The lowest BCUT2D eigenvalue weighted by Gasteiger charge is -2.20. The molecule has 0 aromatic carbocycles. The van der Waals surface area contributed by atoms with E-state index in [1.807, 2.05) is 6.07 Å². The van der Waals surface area contributed by atoms with Crippen LogP contribution in [-0.4, -0.2) is 39.7 Å². The lowest BCUT2D eigenvalue weighted by atomic mass is 10.3. The summed E-state index contributed by atoms with van der Waals surface area (Å²) in [6, 6.07) is 3.04. The number of nitrogens with one attached hydrogen (secondary N) is 1. The van der Waals surface area contributed by atoms with Crippen molar-refractivity contribution in [3.8, 4) is 0 Å². The Bertz CT molecular complexity index is 475. The highest BCUT2D eigenvalue weighted by molar-refractivity contribution is 7.99. The number of aryl methyl sites for hydroxylation is 1. The maximum atomic E-state index is 12.0. The Hall–Kier alpha value is -1.21. The first kappa shape index (κ1) is 14.2. The van der Waals surface area contributed by atoms with E-state index in [9.17, 15) is 9.59 Å². The zero-order valence-corrected chi connectivity index (χ0v) is 12.2. The van der Waals surface area contributed by atoms with Gasteiger partial charge in [-0.3, -0.25) is 0 Å². The summed E-state index contributed by atoms with van der Waals surface area (Å²) in [4.78, 5) is 26.7. The lowest BCUT2D eigenvalue weighted by molar-refractivity contribution is -0.140. The van der Waals surface area contributed by atoms with Crippen molar-refractivity contribution in [3.63, 3.8) is 0 Å². The molecule has 1 saturated heterocycles. The van der Waals surface area contributed by atoms with Gasteiger partial charge in [0.15, 0.2) is 0 Å². The van der Waals surface area contributed by atoms with E-state index in [-0.39, 0.29) is 6.03 Å². The van der Waals surface area contributed by atoms with E-state index in [4.69, 9.17) is 5.11 Å². The third-order valence-corrected chi connectivity index (χ3v) is 5.15. The number of thioether (sulfide) groups is 1. The highest BCUT2D eigenvalue weighted by Gasteiger charge is 2.34. The van der Waals surface area contributed by atoms with Gasteiger partial charge in [-0.05, 0) is 18.6 Å². The number of carbonyl (C=O) groups excluding carboxylic acids is 1. The smallest absolute Gasteiger partial charge is 0.327 e. The fourth-order valence-electron chi connectivity index (χ4n) is 1.82. The topological polar surface area (TPSA) is 69.6 Å². The second-order valence-corrected chi connectivity index (χ2v) is 6.46. The molecule has 1 aromatic heterocycles. The minimum atomic E-state index is -0.940. The third kappa shape index (κ3) is 3.42. The van der Waals surface area contributed by atoms with E-state index < -0.39 is 12.0 Å². The van der Waals surface area contributed by atoms with Crippen LogP contribution in [0.4, 0.5) is 4.79 Å². The number of carboxylic acids is 1. The maximum Gasteiger partial charge on any atom is 0.327 e. The van der Waals surface area contributed by atoms with Crippen molar-refractivity contribution in [3.05, 3.63) is 21.9 Å². The van der Waals surface area contributed by atoms with Gasteiger partial charge in [-0.1, -0.05) is 6.92 Å². The molecule has 2 rings (SSSR count). The molecule has 0 bridgehead atoms. The summed E-state index contributed by atoms with van der Waals surface area (Å²) < 4.78 is 0. The Morgan fingerprint density at radius 3 is 2.84 bits per heavy atom. The zero-order chi connectivity index (χ0) is 13.8. The number of hydrogen-bond acceptors (Lipinski definition) is 4. The number of rotatable bonds is 4. The largest absolute Gasteiger partial charge is 0.480 e. The Balaban J connectivity index is 1.88. The maximum absolute atomic E-state index is 12.0. The highest BCUT2D eigenvalue weighted by Crippen LogP contribution is 2.21. The summed E-state index contributed by atoms with van der Waals surface area (Å²) in [7, 11) is 0. The van der Waals surface area contributed by atoms with Gasteiger partial charge < -0.3 is 15.3 Å². The van der Waals surface area contributed by atoms with Crippen LogP contribution in [-0.2, 0) is 17.8 Å². The fraction of sp³-hybridized carbons (Fsp3) is 0.500. The lowest BCUT2D eigenvalue weighted by Crippen LogP contribution is -2.46. The molecule has 1 aromatic rings. The highest BCUT2D eigenvalue weighted by atomic mass is 32.2. The van der Waals surface area contributed by atoms with Crippen molar-refractivity contribution >= 4 is 35.1 Å². The van der Waals surface area contributed by atoms with Crippen LogP contribution in [0.1, 0.15) is 16.7 Å². The number of hydrogen-bond donors (Lipinski definition) is 2. The van der Waals surface area contributed by atoms with Gasteiger partial charge >= 0.3 is 12.0 Å². The summed E-state index contributed by atoms with van der Waals surface area (Å²) in [6.07, 6.45) is 0.989. The number of carbonyl (C=O) groups is 2. The number of thiophene rings is 1. The van der Waals surface area contributed by atoms with Crippen LogP contribution in [0.5, 0.6) is 0 Å². The van der Waals surface area contributed by atoms with E-state index in [1.165, 1.54) is 21.5 Å². The molecule has 2 N–H and O–H groups in total. The minimum Gasteiger partial charge on any atom is -0.480 e. The average molecular weight is 300 g/mol. The number of amides is 2. The van der Waals surface area contributed by atoms with Gasteiger partial charge in [0.05, 0.1) is 12.4 Å². The zero-order valence-electron chi connectivity index (χ0n) is 10.6. The van der Waals surface area contributed by atoms with Crippen LogP contribution >= 0.6 is 23.1 Å². The van der Waals surface area contributed by atoms with Crippen LogP contribution < -0.4 is 5.32 Å². The summed E-state index contributed by atoms with van der Waals surface area (Å²) >= 11 is 3.13. The molecular weight excluding hydrogens is 284 g/mol. The predicted molar refractivity (Wildman–Crippen MR) is 76.5 cm³/mol. The second-order valence-electron chi connectivity index (χ2n) is 4.20. The standard InChI is InChI=1S/C12H16N2O3S2/c1-2-8-3-4-9(19-8)5-13-12(17)14-7-18-6-10(14)11(15)16/h3-4,10H,2,5-7H2,1H3,(H,13,17)(H,15,16)/t10-/m0/s1. The molecule has 0 aliphatic carbocycles. The number of carboxylic acid groups (broad SMARTS) is 1. The molecule has 1 atom stereocenters. The summed E-state index contributed by atoms with van der Waals surface area (Å²) in [5.74, 6) is -0.0422. The molecule has 5 nitrogen and oxygen atoms in total. The fourth-order valence-corrected chi connectivity index (χ4v) is 3.86. The molecule has 0 spiro atoms. The van der Waals surface area contributed by atoms with Crippen molar-refractivity contribution in [1.82, 2.24) is 10.2 Å². The molecule has 1 aliphatic heterocycles. The first-order valence-electron chi connectivity index (χ1n) is 6.04. The van der Waals surface area contributed by atoms with Gasteiger partial charge in [-0.2, -0.15) is 0 Å². The van der Waals surface area contributed by atoms with Gasteiger partial charge in [0.25, 0.3) is 0 Å². The molecular formula is C12H16N2O3S2. The summed E-state index contributed by atoms with van der Waals surface area (Å²) in [5, 5.41) is 11.8. The van der Waals surface area contributed by atoms with Crippen molar-refractivity contribution in [1.29, 1.82) is 0 Å². The average Bonchev–Trinajstić information content (AvgIpc) is 3.04. The number of urea groups is 1. The van der Waals surface area contributed by atoms with Crippen molar-refractivity contribution in [2.45, 2.75) is 25.9 Å². The van der Waals surface area contributed by atoms with Gasteiger partial charge in [-0.25, -0.2) is 9.59 Å². The van der Waals surface area contributed by atoms with Gasteiger partial charge in [0.1, 0.15) is 6.04 Å². The van der Waals surface area contributed by atoms with Gasteiger partial charge in [-0.15, -0.1) is 23.1 Å². The van der Waals surface area contributed by atoms with E-state index in [1.54, 1.807) is 11.3 Å². The molecule has 19 heavy (non-hydrogen) atoms. The van der Waals surface area contributed by atoms with Gasteiger partial charge in [0, 0.05) is 15.5 Å². The van der Waals surface area contributed by atoms with E-state index in [0.29, 0.717) is 18.2 Å². The normalized spacial score (nSPS) is 18.6. The molecule has 1 fully saturated rings. The van der Waals surface area contributed by atoms with E-state index in [2.05, 4.69) is 18.3 Å². The van der Waals surface area contributed by atoms with E-state index >= 15 is 0 Å². The molecule has 0 unspecified atom stereocenters. The van der Waals surface area contributed by atoms with Crippen LogP contribution in [0.3, 0.4) is 0 Å². The predicted octanol–water partition coefficient (Wildman–Crippen LogP) is 1.98. The van der Waals surface area contributed by atoms with Crippen molar-refractivity contribution < 1.29 is 14.7 Å². The monoisotopic (exact) mass is 300 g/mol. The van der Waals surface area contributed by atoms with Crippen LogP contribution in [0.2, 0.25) is 0 Å².